The van der Waals surface area contributed by atoms with Crippen molar-refractivity contribution >= 4 is 11.3 Å². The molecule has 0 heterocycles. The standard InChI is InChI=1S/C9H13.C7H8Si.C4H10N.2ClH.Zr/c1-6-5-7(2)9(4)8(6)3;1-6-4-2-3-5-7(6)8;1-4(2,3)5;;;/h6H,1-4H3;2-5,8H,1H3;5H,1-3H3;2*1H;/q;;-1;;;+3/p-2. The zero-order chi connectivity index (χ0) is 17.4. The molecule has 25 heavy (non-hydrogen) atoms. The molecule has 0 saturated heterocycles. The van der Waals surface area contributed by atoms with Gasteiger partial charge in [0, 0.05) is 0 Å². The van der Waals surface area contributed by atoms with Crippen molar-refractivity contribution in [1.29, 1.82) is 0 Å². The van der Waals surface area contributed by atoms with Crippen LogP contribution in [-0.4, -0.2) is 11.7 Å². The Labute approximate surface area is 175 Å². The average molecular weight is 476 g/mol. The number of hydrogen-bond donors (Lipinski definition) is 1. The van der Waals surface area contributed by atoms with E-state index in [9.17, 15) is 0 Å². The molecule has 1 nitrogen and oxygen atoms in total. The van der Waals surface area contributed by atoms with Gasteiger partial charge in [-0.2, -0.15) is 0 Å². The molecule has 0 bridgehead atoms. The van der Waals surface area contributed by atoms with Crippen molar-refractivity contribution in [2.75, 3.05) is 0 Å². The van der Waals surface area contributed by atoms with Crippen molar-refractivity contribution in [3.63, 3.8) is 0 Å². The summed E-state index contributed by atoms with van der Waals surface area (Å²) >= 11 is -1.88. The summed E-state index contributed by atoms with van der Waals surface area (Å²) < 4.78 is 5.94. The van der Waals surface area contributed by atoms with Gasteiger partial charge in [0.15, 0.2) is 0 Å². The van der Waals surface area contributed by atoms with Crippen molar-refractivity contribution in [1.82, 2.24) is 3.26 Å². The summed E-state index contributed by atoms with van der Waals surface area (Å²) in [4.78, 5) is 0. The van der Waals surface area contributed by atoms with Gasteiger partial charge in [-0.25, -0.2) is 0 Å². The van der Waals surface area contributed by atoms with E-state index in [1.807, 2.05) is 3.28 Å². The van der Waals surface area contributed by atoms with Gasteiger partial charge in [-0.05, 0) is 0 Å². The molecule has 0 aromatic heterocycles. The first-order valence-corrected chi connectivity index (χ1v) is 16.4. The van der Waals surface area contributed by atoms with Gasteiger partial charge in [-0.1, -0.05) is 0 Å². The van der Waals surface area contributed by atoms with Crippen molar-refractivity contribution in [3.05, 3.63) is 49.8 Å². The van der Waals surface area contributed by atoms with Crippen LogP contribution in [0.5, 0.6) is 0 Å². The molecule has 1 aromatic carbocycles. The van der Waals surface area contributed by atoms with Crippen molar-refractivity contribution in [2.45, 2.75) is 60.9 Å². The monoisotopic (exact) mass is 473 g/mol. The van der Waals surface area contributed by atoms with Gasteiger partial charge >= 0.3 is 152 Å². The fraction of sp³-hybridized carbons (Fsp3) is 0.500. The first-order valence-electron chi connectivity index (χ1n) is 8.56. The van der Waals surface area contributed by atoms with Crippen LogP contribution in [0, 0.1) is 12.8 Å². The predicted molar refractivity (Wildman–Crippen MR) is 101 cm³/mol. The van der Waals surface area contributed by atoms with Gasteiger partial charge in [0.1, 0.15) is 0 Å². The number of allylic oxidation sites excluding steroid dienone is 4. The van der Waals surface area contributed by atoms with Crippen LogP contribution in [0.4, 0.5) is 0 Å². The van der Waals surface area contributed by atoms with Crippen LogP contribution >= 0.6 is 0 Å². The van der Waals surface area contributed by atoms with Gasteiger partial charge < -0.3 is 24.8 Å². The molecule has 1 unspecified atom stereocenters. The minimum Gasteiger partial charge on any atom is -1.00 e. The van der Waals surface area contributed by atoms with Gasteiger partial charge in [-0.3, -0.25) is 0 Å². The van der Waals surface area contributed by atoms with Gasteiger partial charge in [0.2, 0.25) is 0 Å². The molecule has 2 rings (SSSR count). The Bertz CT molecular complexity index is 715. The molecular weight excluding hydrogens is 444 g/mol. The summed E-state index contributed by atoms with van der Waals surface area (Å²) in [7, 11) is 0. The molecule has 0 radical (unpaired) electrons. The molecule has 0 fully saturated rings. The fourth-order valence-electron chi connectivity index (χ4n) is 3.29. The third-order valence-corrected chi connectivity index (χ3v) is 19.2. The summed E-state index contributed by atoms with van der Waals surface area (Å²) in [6, 6.07) is 9.00. The van der Waals surface area contributed by atoms with Gasteiger partial charge in [0.25, 0.3) is 0 Å². The van der Waals surface area contributed by atoms with E-state index < -0.39 is 20.7 Å². The van der Waals surface area contributed by atoms with Crippen LogP contribution in [0.2, 0.25) is 0 Å². The van der Waals surface area contributed by atoms with E-state index in [0.717, 1.165) is 0 Å². The summed E-state index contributed by atoms with van der Waals surface area (Å²) in [5.74, 6) is 0.649. The Hall–Kier alpha value is 0.340. The molecule has 0 saturated carbocycles. The molecule has 1 aliphatic rings. The zero-order valence-electron chi connectivity index (χ0n) is 16.7. The second-order valence-corrected chi connectivity index (χ2v) is 18.3. The van der Waals surface area contributed by atoms with E-state index in [-0.39, 0.29) is 30.4 Å². The maximum absolute atomic E-state index is 4.12. The number of nitrogens with one attached hydrogen (secondary N) is 1. The van der Waals surface area contributed by atoms with E-state index >= 15 is 0 Å². The van der Waals surface area contributed by atoms with Crippen LogP contribution in [0.1, 0.15) is 54.0 Å². The number of rotatable bonds is 3. The van der Waals surface area contributed by atoms with Crippen molar-refractivity contribution < 1.29 is 45.5 Å². The minimum absolute atomic E-state index is 0. The zero-order valence-corrected chi connectivity index (χ0v) is 21.8. The number of benzene rings is 1. The first-order chi connectivity index (χ1) is 10.6. The minimum atomic E-state index is -1.88. The summed E-state index contributed by atoms with van der Waals surface area (Å²) in [5.41, 5.74) is 6.42. The summed E-state index contributed by atoms with van der Waals surface area (Å²) in [5, 5.41) is 1.62. The molecule has 1 atom stereocenters. The van der Waals surface area contributed by atoms with E-state index in [2.05, 4.69) is 82.9 Å². The van der Waals surface area contributed by atoms with Crippen LogP contribution < -0.4 is 33.3 Å². The largest absolute Gasteiger partial charge is 1.00 e. The Morgan fingerprint density at radius 2 is 1.52 bits per heavy atom. The Kier molecular flexibility index (Phi) is 10.2. The van der Waals surface area contributed by atoms with E-state index in [0.29, 0.717) is 12.1 Å². The van der Waals surface area contributed by atoms with Crippen LogP contribution in [0.3, 0.4) is 0 Å². The maximum Gasteiger partial charge on any atom is -1.00 e. The van der Waals surface area contributed by atoms with Crippen LogP contribution in [0.25, 0.3) is 0 Å². The maximum atomic E-state index is 4.12. The van der Waals surface area contributed by atoms with Crippen molar-refractivity contribution in [3.8, 4) is 0 Å². The molecule has 0 amide bonds. The molecular formula is C20H31Cl2NSiZr. The predicted octanol–water partition coefficient (Wildman–Crippen LogP) is -1.84. The number of halogens is 2. The molecule has 0 aliphatic heterocycles. The molecule has 0 spiro atoms. The molecule has 138 valence electrons. The van der Waals surface area contributed by atoms with E-state index in [1.165, 1.54) is 5.56 Å². The Balaban J connectivity index is 0.00000288. The summed E-state index contributed by atoms with van der Waals surface area (Å²) in [6.45, 7) is 18.7. The quantitative estimate of drug-likeness (QED) is 0.507. The Morgan fingerprint density at radius 1 is 0.960 bits per heavy atom. The van der Waals surface area contributed by atoms with Gasteiger partial charge in [0.05, 0.1) is 0 Å². The SMILES string of the molecule is CC1=C(C)C(C)[C](/[Zr+2]([NH]C(C)(C)C)=[SiH]/c2ccccc2C)=C1C.[Cl-].[Cl-]. The van der Waals surface area contributed by atoms with E-state index in [4.69, 9.17) is 0 Å². The smallest absolute Gasteiger partial charge is 1.00 e. The first kappa shape index (κ1) is 25.3. The fourth-order valence-corrected chi connectivity index (χ4v) is 21.5. The second-order valence-electron chi connectivity index (χ2n) is 7.86. The van der Waals surface area contributed by atoms with Crippen LogP contribution in [-0.2, 0) is 20.7 Å². The van der Waals surface area contributed by atoms with Gasteiger partial charge in [-0.15, -0.1) is 0 Å². The normalized spacial score (nSPS) is 17.5. The number of hydrogen-bond acceptors (Lipinski definition) is 1. The van der Waals surface area contributed by atoms with E-state index in [1.54, 1.807) is 21.9 Å². The second kappa shape index (κ2) is 10.0. The van der Waals surface area contributed by atoms with Crippen molar-refractivity contribution in [2.24, 2.45) is 5.92 Å². The number of aryl methyl sites for hydroxylation is 1. The Morgan fingerprint density at radius 3 is 1.96 bits per heavy atom. The average Bonchev–Trinajstić information content (AvgIpc) is 2.63. The third kappa shape index (κ3) is 6.18. The third-order valence-electron chi connectivity index (χ3n) is 4.93. The topological polar surface area (TPSA) is 12.0 Å². The summed E-state index contributed by atoms with van der Waals surface area (Å²) in [6.07, 6.45) is 0.355. The molecule has 1 aliphatic carbocycles. The molecule has 1 aromatic rings. The molecule has 5 heteroatoms. The van der Waals surface area contributed by atoms with Crippen LogP contribution in [0.15, 0.2) is 44.3 Å². The molecule has 1 N–H and O–H groups in total.